The van der Waals surface area contributed by atoms with E-state index in [2.05, 4.69) is 19.9 Å². The molecule has 164 valence electrons. The van der Waals surface area contributed by atoms with Crippen LogP contribution in [0, 0.1) is 18.6 Å². The second-order valence-corrected chi connectivity index (χ2v) is 7.13. The van der Waals surface area contributed by atoms with Crippen LogP contribution in [-0.4, -0.2) is 38.8 Å². The molecule has 1 amide bonds. The van der Waals surface area contributed by atoms with Crippen LogP contribution in [0.2, 0.25) is 0 Å². The van der Waals surface area contributed by atoms with Crippen LogP contribution < -0.4 is 5.73 Å². The van der Waals surface area contributed by atoms with Gasteiger partial charge in [0.05, 0.1) is 5.69 Å². The number of carbonyl (C=O) groups excluding carboxylic acids is 1. The predicted molar refractivity (Wildman–Crippen MR) is 106 cm³/mol. The number of pyridine rings is 1. The van der Waals surface area contributed by atoms with Crippen molar-refractivity contribution >= 4 is 11.9 Å². The number of alkyl halides is 2. The zero-order chi connectivity index (χ0) is 23.2. The number of rotatable bonds is 4. The maximum Gasteiger partial charge on any atom is 0.280 e. The van der Waals surface area contributed by atoms with Crippen LogP contribution in [0.5, 0.6) is 0 Å². The number of halogens is 4. The molecule has 1 atom stereocenters. The molecule has 11 heteroatoms. The van der Waals surface area contributed by atoms with Crippen LogP contribution >= 0.6 is 0 Å². The maximum atomic E-state index is 14.7. The molecule has 0 saturated heterocycles. The first-order valence-corrected chi connectivity index (χ1v) is 9.32. The van der Waals surface area contributed by atoms with E-state index >= 15 is 0 Å². The van der Waals surface area contributed by atoms with Gasteiger partial charge in [-0.2, -0.15) is 0 Å². The van der Waals surface area contributed by atoms with Gasteiger partial charge in [-0.3, -0.25) is 9.69 Å². The predicted octanol–water partition coefficient (Wildman–Crippen LogP) is 3.09. The number of hydrogen-bond acceptors (Lipinski definition) is 6. The van der Waals surface area contributed by atoms with Gasteiger partial charge in [-0.1, -0.05) is 6.07 Å². The molecule has 0 spiro atoms. The molecule has 3 heterocycles. The summed E-state index contributed by atoms with van der Waals surface area (Å²) in [6, 6.07) is 5.63. The van der Waals surface area contributed by atoms with Crippen LogP contribution in [0.1, 0.15) is 29.2 Å². The summed E-state index contributed by atoms with van der Waals surface area (Å²) in [4.78, 5) is 30.3. The summed E-state index contributed by atoms with van der Waals surface area (Å²) in [5.74, 6) is -3.05. The number of amides is 1. The molecular formula is C21H16F4N6O. The number of aryl methyl sites for hydroxylation is 1. The van der Waals surface area contributed by atoms with Gasteiger partial charge in [0.1, 0.15) is 11.5 Å². The Kier molecular flexibility index (Phi) is 5.11. The van der Waals surface area contributed by atoms with Crippen LogP contribution in [0.25, 0.3) is 11.1 Å². The highest BCUT2D eigenvalue weighted by Gasteiger charge is 2.51. The molecule has 2 N–H and O–H groups in total. The minimum absolute atomic E-state index is 0.136. The summed E-state index contributed by atoms with van der Waals surface area (Å²) in [7, 11) is 1.33. The fourth-order valence-electron chi connectivity index (χ4n) is 3.46. The van der Waals surface area contributed by atoms with Gasteiger partial charge in [0.25, 0.3) is 12.3 Å². The lowest BCUT2D eigenvalue weighted by atomic mass is 9.84. The molecular weight excluding hydrogens is 428 g/mol. The first-order valence-electron chi connectivity index (χ1n) is 9.32. The Hall–Kier alpha value is -3.89. The standard InChI is InChI=1S/C21H16F4N6O/c1-10-27-8-11(9-28-10)13-6-12(7-14(22)17(13)23)21(19(32)31(2)20(26)30-21)16-5-3-4-15(29-16)18(24)25/h3-9,18H,1-2H3,(H2,26,30). The topological polar surface area (TPSA) is 97.4 Å². The van der Waals surface area contributed by atoms with Crippen molar-refractivity contribution in [3.63, 3.8) is 0 Å². The van der Waals surface area contributed by atoms with E-state index in [0.29, 0.717) is 5.82 Å². The molecule has 0 bridgehead atoms. The fraction of sp³-hybridized carbons (Fsp3) is 0.190. The Balaban J connectivity index is 2.01. The van der Waals surface area contributed by atoms with Crippen molar-refractivity contribution in [2.75, 3.05) is 7.05 Å². The normalized spacial score (nSPS) is 18.4. The van der Waals surface area contributed by atoms with Crippen LogP contribution in [0.15, 0.2) is 47.7 Å². The quantitative estimate of drug-likeness (QED) is 0.624. The van der Waals surface area contributed by atoms with E-state index < -0.39 is 35.2 Å². The number of aliphatic imine (C=N–C) groups is 1. The molecule has 0 saturated carbocycles. The Bertz CT molecular complexity index is 1250. The van der Waals surface area contributed by atoms with Gasteiger partial charge >= 0.3 is 0 Å². The molecule has 1 unspecified atom stereocenters. The summed E-state index contributed by atoms with van der Waals surface area (Å²) in [6.45, 7) is 1.62. The third-order valence-electron chi connectivity index (χ3n) is 5.14. The van der Waals surface area contributed by atoms with Gasteiger partial charge in [-0.25, -0.2) is 37.5 Å². The molecule has 1 aliphatic heterocycles. The third-order valence-corrected chi connectivity index (χ3v) is 5.14. The number of hydrogen-bond donors (Lipinski definition) is 1. The largest absolute Gasteiger partial charge is 0.369 e. The average Bonchev–Trinajstić information content (AvgIpc) is 3.01. The SMILES string of the molecule is Cc1ncc(-c2cc(C3(c4cccc(C(F)F)n4)N=C(N)N(C)C3=O)cc(F)c2F)cn1. The second-order valence-electron chi connectivity index (χ2n) is 7.13. The van der Waals surface area contributed by atoms with Crippen molar-refractivity contribution in [2.45, 2.75) is 18.9 Å². The van der Waals surface area contributed by atoms with Crippen molar-refractivity contribution in [3.05, 3.63) is 77.1 Å². The van der Waals surface area contributed by atoms with Crippen molar-refractivity contribution in [1.29, 1.82) is 0 Å². The monoisotopic (exact) mass is 444 g/mol. The number of carbonyl (C=O) groups is 1. The van der Waals surface area contributed by atoms with E-state index in [1.165, 1.54) is 37.6 Å². The first-order chi connectivity index (χ1) is 15.1. The Morgan fingerprint density at radius 1 is 1.12 bits per heavy atom. The molecule has 3 aromatic rings. The van der Waals surface area contributed by atoms with Crippen molar-refractivity contribution in [2.24, 2.45) is 10.7 Å². The van der Waals surface area contributed by atoms with Crippen molar-refractivity contribution in [1.82, 2.24) is 19.9 Å². The van der Waals surface area contributed by atoms with Gasteiger partial charge in [0.15, 0.2) is 17.6 Å². The molecule has 0 fully saturated rings. The van der Waals surface area contributed by atoms with Crippen LogP contribution in [-0.2, 0) is 10.3 Å². The molecule has 32 heavy (non-hydrogen) atoms. The molecule has 0 aliphatic carbocycles. The summed E-state index contributed by atoms with van der Waals surface area (Å²) >= 11 is 0. The number of likely N-dealkylation sites (N-methyl/N-ethyl adjacent to an activating group) is 1. The lowest BCUT2D eigenvalue weighted by Crippen LogP contribution is -2.41. The molecule has 1 aromatic carbocycles. The lowest BCUT2D eigenvalue weighted by Gasteiger charge is -2.26. The summed E-state index contributed by atoms with van der Waals surface area (Å²) in [6.07, 6.45) is -0.327. The average molecular weight is 444 g/mol. The van der Waals surface area contributed by atoms with Gasteiger partial charge in [0.2, 0.25) is 5.54 Å². The van der Waals surface area contributed by atoms with E-state index in [0.717, 1.165) is 17.0 Å². The Labute approximate surface area is 179 Å². The minimum atomic E-state index is -2.92. The van der Waals surface area contributed by atoms with Crippen molar-refractivity contribution in [3.8, 4) is 11.1 Å². The molecule has 7 nitrogen and oxygen atoms in total. The summed E-state index contributed by atoms with van der Waals surface area (Å²) in [5.41, 5.74) is 2.72. The highest BCUT2D eigenvalue weighted by atomic mass is 19.3. The number of benzene rings is 1. The molecule has 0 radical (unpaired) electrons. The highest BCUT2D eigenvalue weighted by molar-refractivity contribution is 6.08. The maximum absolute atomic E-state index is 14.7. The number of aromatic nitrogens is 3. The summed E-state index contributed by atoms with van der Waals surface area (Å²) in [5, 5.41) is 0. The second kappa shape index (κ2) is 7.66. The van der Waals surface area contributed by atoms with Crippen molar-refractivity contribution < 1.29 is 22.4 Å². The van der Waals surface area contributed by atoms with Gasteiger partial charge in [-0.15, -0.1) is 0 Å². The van der Waals surface area contributed by atoms with Gasteiger partial charge < -0.3 is 5.73 Å². The van der Waals surface area contributed by atoms with Crippen LogP contribution in [0.4, 0.5) is 17.6 Å². The van der Waals surface area contributed by atoms with E-state index in [-0.39, 0.29) is 28.3 Å². The Morgan fingerprint density at radius 2 is 1.81 bits per heavy atom. The van der Waals surface area contributed by atoms with E-state index in [1.54, 1.807) is 6.92 Å². The van der Waals surface area contributed by atoms with E-state index in [1.807, 2.05) is 0 Å². The van der Waals surface area contributed by atoms with Gasteiger partial charge in [-0.05, 0) is 36.8 Å². The minimum Gasteiger partial charge on any atom is -0.369 e. The molecule has 1 aliphatic rings. The van der Waals surface area contributed by atoms with Gasteiger partial charge in [0, 0.05) is 30.6 Å². The number of nitrogens with zero attached hydrogens (tertiary/aromatic N) is 5. The van der Waals surface area contributed by atoms with Crippen LogP contribution in [0.3, 0.4) is 0 Å². The van der Waals surface area contributed by atoms with E-state index in [9.17, 15) is 22.4 Å². The number of nitrogens with two attached hydrogens (primary N) is 1. The summed E-state index contributed by atoms with van der Waals surface area (Å²) < 4.78 is 56.0. The third kappa shape index (κ3) is 3.26. The zero-order valence-corrected chi connectivity index (χ0v) is 16.9. The smallest absolute Gasteiger partial charge is 0.280 e. The number of guanidine groups is 1. The molecule has 4 rings (SSSR count). The first kappa shape index (κ1) is 21.3. The highest BCUT2D eigenvalue weighted by Crippen LogP contribution is 2.41. The fourth-order valence-corrected chi connectivity index (χ4v) is 3.46. The zero-order valence-electron chi connectivity index (χ0n) is 16.9. The van der Waals surface area contributed by atoms with E-state index in [4.69, 9.17) is 5.73 Å². The molecule has 2 aromatic heterocycles. The Morgan fingerprint density at radius 3 is 2.41 bits per heavy atom. The lowest BCUT2D eigenvalue weighted by molar-refractivity contribution is -0.129.